The number of nitrogens with zero attached hydrogens (tertiary/aromatic N) is 1. The van der Waals surface area contributed by atoms with Gasteiger partial charge >= 0.3 is 0 Å². The average molecular weight is 406 g/mol. The fraction of sp³-hybridized carbons (Fsp3) is 0.381. The van der Waals surface area contributed by atoms with Crippen LogP contribution in [0, 0.1) is 12.7 Å². The fourth-order valence-electron chi connectivity index (χ4n) is 2.96. The molecule has 2 aromatic carbocycles. The van der Waals surface area contributed by atoms with E-state index in [1.807, 2.05) is 26.0 Å². The monoisotopic (exact) mass is 405 g/mol. The van der Waals surface area contributed by atoms with E-state index in [-0.39, 0.29) is 11.2 Å². The van der Waals surface area contributed by atoms with Gasteiger partial charge < -0.3 is 10.6 Å². The number of halogens is 1. The minimum Gasteiger partial charge on any atom is -0.356 e. The number of hydrogen-bond donors (Lipinski definition) is 2. The normalized spacial score (nSPS) is 12.7. The van der Waals surface area contributed by atoms with E-state index >= 15 is 0 Å². The molecule has 0 aliphatic heterocycles. The van der Waals surface area contributed by atoms with Gasteiger partial charge in [-0.25, -0.2) is 12.8 Å². The zero-order chi connectivity index (χ0) is 20.9. The maximum absolute atomic E-state index is 13.5. The predicted molar refractivity (Wildman–Crippen MR) is 112 cm³/mol. The Labute approximate surface area is 167 Å². The SMILES string of the molecule is CN=C(NCc1ccc(S(C)(=O)=O)c(C)c1)NCC(C)(C)c1cccc(F)c1. The number of rotatable bonds is 6. The van der Waals surface area contributed by atoms with Crippen LogP contribution in [-0.2, 0) is 21.8 Å². The van der Waals surface area contributed by atoms with Gasteiger partial charge in [-0.3, -0.25) is 4.99 Å². The molecule has 0 aliphatic carbocycles. The third kappa shape index (κ3) is 5.79. The lowest BCUT2D eigenvalue weighted by Crippen LogP contribution is -2.43. The Kier molecular flexibility index (Phi) is 6.82. The van der Waals surface area contributed by atoms with Gasteiger partial charge in [0.1, 0.15) is 5.82 Å². The Balaban J connectivity index is 1.99. The molecule has 2 N–H and O–H groups in total. The van der Waals surface area contributed by atoms with Gasteiger partial charge in [0.15, 0.2) is 15.8 Å². The Bertz CT molecular complexity index is 969. The molecule has 0 saturated carbocycles. The van der Waals surface area contributed by atoms with Crippen molar-refractivity contribution in [3.63, 3.8) is 0 Å². The highest BCUT2D eigenvalue weighted by atomic mass is 32.2. The molecule has 0 radical (unpaired) electrons. The second kappa shape index (κ2) is 8.73. The number of nitrogens with one attached hydrogen (secondary N) is 2. The second-order valence-electron chi connectivity index (χ2n) is 7.55. The van der Waals surface area contributed by atoms with Crippen LogP contribution in [0.25, 0.3) is 0 Å². The molecule has 0 fully saturated rings. The molecule has 0 saturated heterocycles. The second-order valence-corrected chi connectivity index (χ2v) is 9.53. The van der Waals surface area contributed by atoms with Crippen molar-refractivity contribution < 1.29 is 12.8 Å². The number of aryl methyl sites for hydroxylation is 1. The molecule has 0 amide bonds. The molecule has 0 aliphatic rings. The molecular weight excluding hydrogens is 377 g/mol. The molecule has 152 valence electrons. The van der Waals surface area contributed by atoms with Crippen molar-refractivity contribution >= 4 is 15.8 Å². The standard InChI is InChI=1S/C21H28FN3O2S/c1-15-11-16(9-10-19(15)28(5,26)27)13-24-20(23-4)25-14-21(2,3)17-7-6-8-18(22)12-17/h6-12H,13-14H2,1-5H3,(H2,23,24,25). The number of guanidine groups is 1. The van der Waals surface area contributed by atoms with Gasteiger partial charge in [0, 0.05) is 31.8 Å². The molecule has 0 unspecified atom stereocenters. The summed E-state index contributed by atoms with van der Waals surface area (Å²) in [4.78, 5) is 4.56. The highest BCUT2D eigenvalue weighted by Crippen LogP contribution is 2.22. The van der Waals surface area contributed by atoms with E-state index in [0.29, 0.717) is 23.9 Å². The van der Waals surface area contributed by atoms with Gasteiger partial charge in [-0.05, 0) is 41.8 Å². The summed E-state index contributed by atoms with van der Waals surface area (Å²) in [6.45, 7) is 6.94. The van der Waals surface area contributed by atoms with E-state index in [1.165, 1.54) is 12.3 Å². The molecule has 2 aromatic rings. The molecule has 5 nitrogen and oxygen atoms in total. The van der Waals surface area contributed by atoms with Crippen LogP contribution in [0.3, 0.4) is 0 Å². The van der Waals surface area contributed by atoms with E-state index in [1.54, 1.807) is 38.2 Å². The summed E-state index contributed by atoms with van der Waals surface area (Å²) >= 11 is 0. The van der Waals surface area contributed by atoms with Crippen molar-refractivity contribution in [1.82, 2.24) is 10.6 Å². The van der Waals surface area contributed by atoms with Gasteiger partial charge in [-0.15, -0.1) is 0 Å². The van der Waals surface area contributed by atoms with Crippen molar-refractivity contribution in [2.75, 3.05) is 19.8 Å². The number of hydrogen-bond acceptors (Lipinski definition) is 3. The van der Waals surface area contributed by atoms with Crippen molar-refractivity contribution in [1.29, 1.82) is 0 Å². The molecule has 0 aromatic heterocycles. The lowest BCUT2D eigenvalue weighted by molar-refractivity contribution is 0.503. The first kappa shape index (κ1) is 21.9. The average Bonchev–Trinajstić information content (AvgIpc) is 2.61. The highest BCUT2D eigenvalue weighted by Gasteiger charge is 2.21. The molecule has 2 rings (SSSR count). The summed E-state index contributed by atoms with van der Waals surface area (Å²) in [5.41, 5.74) is 2.30. The van der Waals surface area contributed by atoms with Crippen LogP contribution in [0.1, 0.15) is 30.5 Å². The Morgan fingerprint density at radius 3 is 2.43 bits per heavy atom. The third-order valence-electron chi connectivity index (χ3n) is 4.63. The zero-order valence-corrected chi connectivity index (χ0v) is 17.8. The minimum absolute atomic E-state index is 0.249. The maximum atomic E-state index is 13.5. The van der Waals surface area contributed by atoms with Crippen LogP contribution in [0.4, 0.5) is 4.39 Å². The summed E-state index contributed by atoms with van der Waals surface area (Å²) in [7, 11) is -1.54. The number of aliphatic imine (C=N–C) groups is 1. The summed E-state index contributed by atoms with van der Waals surface area (Å²) in [5.74, 6) is 0.371. The fourth-order valence-corrected chi connectivity index (χ4v) is 3.92. The zero-order valence-electron chi connectivity index (χ0n) is 17.0. The van der Waals surface area contributed by atoms with Crippen molar-refractivity contribution in [3.8, 4) is 0 Å². The van der Waals surface area contributed by atoms with Gasteiger partial charge in [-0.1, -0.05) is 38.1 Å². The number of sulfone groups is 1. The molecule has 0 atom stereocenters. The van der Waals surface area contributed by atoms with Crippen molar-refractivity contribution in [3.05, 3.63) is 65.0 Å². The summed E-state index contributed by atoms with van der Waals surface area (Å²) in [6, 6.07) is 11.9. The van der Waals surface area contributed by atoms with Crippen LogP contribution in [0.5, 0.6) is 0 Å². The topological polar surface area (TPSA) is 70.6 Å². The maximum Gasteiger partial charge on any atom is 0.191 e. The van der Waals surface area contributed by atoms with Crippen LogP contribution in [0.2, 0.25) is 0 Å². The van der Waals surface area contributed by atoms with Crippen LogP contribution in [-0.4, -0.2) is 34.2 Å². The summed E-state index contributed by atoms with van der Waals surface area (Å²) < 4.78 is 37.0. The van der Waals surface area contributed by atoms with E-state index < -0.39 is 9.84 Å². The lowest BCUT2D eigenvalue weighted by atomic mass is 9.84. The lowest BCUT2D eigenvalue weighted by Gasteiger charge is -2.27. The first-order chi connectivity index (χ1) is 13.0. The summed E-state index contributed by atoms with van der Waals surface area (Å²) in [6.07, 6.45) is 1.21. The quantitative estimate of drug-likeness (QED) is 0.572. The molecule has 28 heavy (non-hydrogen) atoms. The Morgan fingerprint density at radius 2 is 1.86 bits per heavy atom. The molecule has 0 spiro atoms. The first-order valence-corrected chi connectivity index (χ1v) is 10.9. The molecular formula is C21H28FN3O2S. The van der Waals surface area contributed by atoms with Gasteiger partial charge in [0.05, 0.1) is 4.90 Å². The first-order valence-electron chi connectivity index (χ1n) is 9.03. The van der Waals surface area contributed by atoms with Crippen LogP contribution < -0.4 is 10.6 Å². The van der Waals surface area contributed by atoms with Crippen LogP contribution in [0.15, 0.2) is 52.4 Å². The van der Waals surface area contributed by atoms with E-state index in [4.69, 9.17) is 0 Å². The van der Waals surface area contributed by atoms with Crippen molar-refractivity contribution in [2.24, 2.45) is 4.99 Å². The van der Waals surface area contributed by atoms with E-state index in [2.05, 4.69) is 15.6 Å². The Morgan fingerprint density at radius 1 is 1.14 bits per heavy atom. The van der Waals surface area contributed by atoms with Crippen LogP contribution >= 0.6 is 0 Å². The highest BCUT2D eigenvalue weighted by molar-refractivity contribution is 7.90. The Hall–Kier alpha value is -2.41. The van der Waals surface area contributed by atoms with Gasteiger partial charge in [-0.2, -0.15) is 0 Å². The molecule has 0 heterocycles. The van der Waals surface area contributed by atoms with Crippen molar-refractivity contribution in [2.45, 2.75) is 37.6 Å². The molecule has 7 heteroatoms. The van der Waals surface area contributed by atoms with Gasteiger partial charge in [0.25, 0.3) is 0 Å². The largest absolute Gasteiger partial charge is 0.356 e. The van der Waals surface area contributed by atoms with Gasteiger partial charge in [0.2, 0.25) is 0 Å². The van der Waals surface area contributed by atoms with E-state index in [9.17, 15) is 12.8 Å². The van der Waals surface area contributed by atoms with E-state index in [0.717, 1.165) is 16.7 Å². The molecule has 0 bridgehead atoms. The smallest absolute Gasteiger partial charge is 0.191 e. The number of benzene rings is 2. The third-order valence-corrected chi connectivity index (χ3v) is 5.88. The minimum atomic E-state index is -3.22. The summed E-state index contributed by atoms with van der Waals surface area (Å²) in [5, 5.41) is 6.49. The predicted octanol–water partition coefficient (Wildman–Crippen LogP) is 3.18.